The average Bonchev–Trinajstić information content (AvgIpc) is 2.33. The smallest absolute Gasteiger partial charge is 0.353 e. The number of carbonyl (C=O) groups is 1. The summed E-state index contributed by atoms with van der Waals surface area (Å²) in [6, 6.07) is 0. The van der Waals surface area contributed by atoms with Crippen LogP contribution in [0.1, 0.15) is 26.7 Å². The Hall–Kier alpha value is -0.680. The minimum Gasteiger partial charge on any atom is -0.353 e. The van der Waals surface area contributed by atoms with Crippen molar-refractivity contribution in [1.29, 1.82) is 0 Å². The topological polar surface area (TPSA) is 73.9 Å². The maximum Gasteiger partial charge on any atom is 0.474 e. The van der Waals surface area contributed by atoms with E-state index in [1.165, 1.54) is 6.08 Å². The van der Waals surface area contributed by atoms with Crippen LogP contribution in [0, 0.1) is 0 Å². The monoisotopic (exact) mass is 279 g/mol. The molecular formula is C11H22NO5P. The summed E-state index contributed by atoms with van der Waals surface area (Å²) < 4.78 is 26.9. The molecule has 18 heavy (non-hydrogen) atoms. The maximum absolute atomic E-state index is 11.9. The molecule has 0 spiro atoms. The van der Waals surface area contributed by atoms with E-state index in [1.54, 1.807) is 13.8 Å². The molecule has 0 aromatic carbocycles. The minimum absolute atomic E-state index is 0.203. The van der Waals surface area contributed by atoms with Crippen LogP contribution in [0.2, 0.25) is 0 Å². The first kappa shape index (κ1) is 17.3. The molecule has 0 saturated heterocycles. The molecule has 0 radical (unpaired) electrons. The molecular weight excluding hydrogens is 257 g/mol. The molecule has 0 aliphatic rings. The fourth-order valence-corrected chi connectivity index (χ4v) is 2.32. The van der Waals surface area contributed by atoms with Gasteiger partial charge in [0.1, 0.15) is 0 Å². The van der Waals surface area contributed by atoms with Crippen LogP contribution in [0.5, 0.6) is 0 Å². The Labute approximate surface area is 108 Å². The van der Waals surface area contributed by atoms with Crippen molar-refractivity contribution in [2.24, 2.45) is 0 Å². The molecule has 0 unspecified atom stereocenters. The summed E-state index contributed by atoms with van der Waals surface area (Å²) in [5.41, 5.74) is 0. The number of hydrogen-bond acceptors (Lipinski definition) is 5. The fraction of sp³-hybridized carbons (Fsp3) is 0.727. The lowest BCUT2D eigenvalue weighted by molar-refractivity contribution is -0.116. The quantitative estimate of drug-likeness (QED) is 0.357. The molecule has 0 aromatic heterocycles. The third-order valence-corrected chi connectivity index (χ3v) is 3.53. The molecule has 0 aliphatic heterocycles. The zero-order valence-corrected chi connectivity index (χ0v) is 11.9. The van der Waals surface area contributed by atoms with Gasteiger partial charge in [-0.3, -0.25) is 18.4 Å². The van der Waals surface area contributed by atoms with Gasteiger partial charge in [-0.1, -0.05) is 6.58 Å². The highest BCUT2D eigenvalue weighted by atomic mass is 31.2. The van der Waals surface area contributed by atoms with Crippen LogP contribution in [0.15, 0.2) is 12.7 Å². The van der Waals surface area contributed by atoms with Crippen LogP contribution in [-0.2, 0) is 22.9 Å². The third kappa shape index (κ3) is 8.42. The number of hydrogen-bond donors (Lipinski definition) is 1. The van der Waals surface area contributed by atoms with E-state index in [-0.39, 0.29) is 25.7 Å². The van der Waals surface area contributed by atoms with Crippen molar-refractivity contribution < 1.29 is 22.9 Å². The van der Waals surface area contributed by atoms with Crippen LogP contribution in [0.25, 0.3) is 0 Å². The Kier molecular flexibility index (Phi) is 9.87. The van der Waals surface area contributed by atoms with E-state index in [2.05, 4.69) is 11.9 Å². The van der Waals surface area contributed by atoms with Gasteiger partial charge in [0.2, 0.25) is 5.91 Å². The maximum atomic E-state index is 11.9. The Morgan fingerprint density at radius 3 is 2.33 bits per heavy atom. The van der Waals surface area contributed by atoms with E-state index < -0.39 is 7.82 Å². The fourth-order valence-electron chi connectivity index (χ4n) is 1.12. The van der Waals surface area contributed by atoms with E-state index in [0.29, 0.717) is 13.0 Å². The number of rotatable bonds is 11. The molecule has 7 heteroatoms. The van der Waals surface area contributed by atoms with Gasteiger partial charge in [-0.15, -0.1) is 0 Å². The third-order valence-electron chi connectivity index (χ3n) is 1.88. The molecule has 0 aliphatic carbocycles. The van der Waals surface area contributed by atoms with Gasteiger partial charge in [0.15, 0.2) is 0 Å². The second-order valence-electron chi connectivity index (χ2n) is 3.32. The Bertz CT molecular complexity index is 285. The highest BCUT2D eigenvalue weighted by Crippen LogP contribution is 2.49. The van der Waals surface area contributed by atoms with E-state index >= 15 is 0 Å². The molecule has 0 fully saturated rings. The lowest BCUT2D eigenvalue weighted by atomic mass is 10.3. The number of unbranched alkanes of at least 4 members (excludes halogenated alkanes) is 1. The predicted molar refractivity (Wildman–Crippen MR) is 69.3 cm³/mol. The molecule has 0 atom stereocenters. The highest BCUT2D eigenvalue weighted by Gasteiger charge is 2.24. The normalized spacial score (nSPS) is 11.2. The van der Waals surface area contributed by atoms with Crippen molar-refractivity contribution in [2.75, 3.05) is 26.4 Å². The van der Waals surface area contributed by atoms with Gasteiger partial charge in [-0.25, -0.2) is 4.57 Å². The molecule has 1 amide bonds. The summed E-state index contributed by atoms with van der Waals surface area (Å²) in [7, 11) is -3.40. The van der Waals surface area contributed by atoms with Crippen LogP contribution in [0.3, 0.4) is 0 Å². The van der Waals surface area contributed by atoms with Gasteiger partial charge in [0, 0.05) is 6.54 Å². The van der Waals surface area contributed by atoms with E-state index in [9.17, 15) is 9.36 Å². The molecule has 0 bridgehead atoms. The van der Waals surface area contributed by atoms with E-state index in [1.807, 2.05) is 0 Å². The average molecular weight is 279 g/mol. The number of phosphoric ester groups is 1. The van der Waals surface area contributed by atoms with Gasteiger partial charge in [0.25, 0.3) is 0 Å². The Balaban J connectivity index is 3.70. The van der Waals surface area contributed by atoms with Gasteiger partial charge in [0.05, 0.1) is 19.8 Å². The SMILES string of the molecule is C=CC(=O)NCCCCOP(=O)(OCC)OCC. The van der Waals surface area contributed by atoms with Crippen molar-refractivity contribution in [3.05, 3.63) is 12.7 Å². The summed E-state index contributed by atoms with van der Waals surface area (Å²) in [5, 5.41) is 2.64. The first-order valence-corrected chi connectivity index (χ1v) is 7.48. The van der Waals surface area contributed by atoms with Gasteiger partial charge < -0.3 is 5.32 Å². The summed E-state index contributed by atoms with van der Waals surface area (Å²) in [5.74, 6) is -0.203. The molecule has 0 rings (SSSR count). The van der Waals surface area contributed by atoms with E-state index in [4.69, 9.17) is 13.6 Å². The standard InChI is InChI=1S/C11H22NO5P/c1-4-11(13)12-9-7-8-10-17-18(14,15-5-2)16-6-3/h4H,1,5-10H2,2-3H3,(H,12,13). The lowest BCUT2D eigenvalue weighted by Gasteiger charge is -2.16. The molecule has 0 heterocycles. The zero-order valence-electron chi connectivity index (χ0n) is 11.0. The van der Waals surface area contributed by atoms with Gasteiger partial charge in [-0.2, -0.15) is 0 Å². The first-order valence-electron chi connectivity index (χ1n) is 6.02. The van der Waals surface area contributed by atoms with Crippen LogP contribution < -0.4 is 5.32 Å². The molecule has 0 saturated carbocycles. The van der Waals surface area contributed by atoms with E-state index in [0.717, 1.165) is 6.42 Å². The Morgan fingerprint density at radius 2 is 1.83 bits per heavy atom. The number of carbonyl (C=O) groups excluding carboxylic acids is 1. The van der Waals surface area contributed by atoms with Crippen molar-refractivity contribution in [2.45, 2.75) is 26.7 Å². The van der Waals surface area contributed by atoms with Crippen molar-refractivity contribution in [3.63, 3.8) is 0 Å². The Morgan fingerprint density at radius 1 is 1.22 bits per heavy atom. The minimum atomic E-state index is -3.40. The predicted octanol–water partition coefficient (Wildman–Crippen LogP) is 2.27. The van der Waals surface area contributed by atoms with Crippen molar-refractivity contribution >= 4 is 13.7 Å². The van der Waals surface area contributed by atoms with Crippen LogP contribution in [0.4, 0.5) is 0 Å². The largest absolute Gasteiger partial charge is 0.474 e. The lowest BCUT2D eigenvalue weighted by Crippen LogP contribution is -2.22. The van der Waals surface area contributed by atoms with Gasteiger partial charge >= 0.3 is 7.82 Å². The summed E-state index contributed by atoms with van der Waals surface area (Å²) >= 11 is 0. The number of nitrogens with one attached hydrogen (secondary N) is 1. The zero-order chi connectivity index (χ0) is 13.9. The van der Waals surface area contributed by atoms with Crippen molar-refractivity contribution in [1.82, 2.24) is 5.32 Å². The second-order valence-corrected chi connectivity index (χ2v) is 4.99. The molecule has 0 aromatic rings. The first-order chi connectivity index (χ1) is 8.58. The van der Waals surface area contributed by atoms with Crippen LogP contribution >= 0.6 is 7.82 Å². The van der Waals surface area contributed by atoms with Crippen molar-refractivity contribution in [3.8, 4) is 0 Å². The highest BCUT2D eigenvalue weighted by molar-refractivity contribution is 7.48. The summed E-state index contributed by atoms with van der Waals surface area (Å²) in [6.45, 7) is 8.12. The van der Waals surface area contributed by atoms with Gasteiger partial charge in [-0.05, 0) is 32.8 Å². The number of phosphoric acid groups is 1. The number of amides is 1. The molecule has 106 valence electrons. The van der Waals surface area contributed by atoms with Crippen LogP contribution in [-0.4, -0.2) is 32.3 Å². The second kappa shape index (κ2) is 10.3. The summed E-state index contributed by atoms with van der Waals surface area (Å²) in [4.78, 5) is 10.8. The molecule has 6 nitrogen and oxygen atoms in total. The summed E-state index contributed by atoms with van der Waals surface area (Å²) in [6.07, 6.45) is 2.59. The molecule has 1 N–H and O–H groups in total.